The van der Waals surface area contributed by atoms with Gasteiger partial charge >= 0.3 is 0 Å². The number of fused-ring (bicyclic) bond motifs is 1. The molecule has 0 aliphatic rings. The highest BCUT2D eigenvalue weighted by Gasteiger charge is 2.23. The Morgan fingerprint density at radius 2 is 1.35 bits per heavy atom. The lowest BCUT2D eigenvalue weighted by Crippen LogP contribution is -2.47. The van der Waals surface area contributed by atoms with E-state index in [1.807, 2.05) is 42.3 Å². The maximum absolute atomic E-state index is 13.5. The Balaban J connectivity index is 1.20. The molecule has 2 heterocycles. The molecule has 3 amide bonds. The van der Waals surface area contributed by atoms with Crippen LogP contribution in [0.4, 0.5) is 17.5 Å². The summed E-state index contributed by atoms with van der Waals surface area (Å²) >= 11 is 0. The van der Waals surface area contributed by atoms with Gasteiger partial charge in [-0.1, -0.05) is 12.1 Å². The van der Waals surface area contributed by atoms with E-state index in [1.165, 1.54) is 0 Å². The molecule has 3 aromatic carbocycles. The molecular weight excluding hydrogens is 733 g/mol. The van der Waals surface area contributed by atoms with Gasteiger partial charge in [-0.05, 0) is 78.9 Å². The van der Waals surface area contributed by atoms with Crippen molar-refractivity contribution < 1.29 is 33.3 Å². The van der Waals surface area contributed by atoms with Crippen molar-refractivity contribution in [2.24, 2.45) is 0 Å². The number of carbonyl (C=O) groups is 3. The Morgan fingerprint density at radius 1 is 0.754 bits per heavy atom. The first-order valence-electron chi connectivity index (χ1n) is 18.1. The van der Waals surface area contributed by atoms with Crippen molar-refractivity contribution in [3.63, 3.8) is 0 Å². The molecular formula is C40H48N10O7. The molecule has 57 heavy (non-hydrogen) atoms. The number of hydrogen-bond donors (Lipinski definition) is 5. The maximum atomic E-state index is 13.5. The molecule has 0 spiro atoms. The largest absolute Gasteiger partial charge is 0.493 e. The first-order chi connectivity index (χ1) is 27.5. The van der Waals surface area contributed by atoms with Crippen LogP contribution in [0.25, 0.3) is 11.2 Å². The molecule has 0 aliphatic heterocycles. The van der Waals surface area contributed by atoms with E-state index in [-0.39, 0.29) is 37.1 Å². The number of benzene rings is 3. The van der Waals surface area contributed by atoms with Crippen molar-refractivity contribution in [1.82, 2.24) is 35.9 Å². The zero-order valence-corrected chi connectivity index (χ0v) is 32.6. The molecule has 300 valence electrons. The number of aromatic nitrogens is 4. The number of nitrogens with zero attached hydrogens (tertiary/aromatic N) is 5. The summed E-state index contributed by atoms with van der Waals surface area (Å²) in [5.41, 5.74) is 15.9. The Kier molecular flexibility index (Phi) is 14.2. The van der Waals surface area contributed by atoms with Crippen LogP contribution in [0.1, 0.15) is 40.0 Å². The Bertz CT molecular complexity index is 2190. The monoisotopic (exact) mass is 780 g/mol. The number of nitrogens with two attached hydrogens (primary N) is 2. The molecule has 5 rings (SSSR count). The van der Waals surface area contributed by atoms with Crippen LogP contribution in [0, 0.1) is 0 Å². The van der Waals surface area contributed by atoms with Gasteiger partial charge in [0.1, 0.15) is 6.04 Å². The minimum Gasteiger partial charge on any atom is -0.493 e. The number of nitrogens with one attached hydrogen (secondary N) is 3. The van der Waals surface area contributed by atoms with Crippen molar-refractivity contribution in [3.8, 4) is 23.0 Å². The molecule has 2 aromatic heterocycles. The Labute approximate surface area is 330 Å². The second-order valence-electron chi connectivity index (χ2n) is 13.0. The molecule has 0 unspecified atom stereocenters. The third kappa shape index (κ3) is 11.1. The van der Waals surface area contributed by atoms with Crippen molar-refractivity contribution in [2.75, 3.05) is 64.9 Å². The minimum absolute atomic E-state index is 0.00648. The number of methoxy groups -OCH3 is 4. The van der Waals surface area contributed by atoms with Crippen LogP contribution < -0.4 is 51.3 Å². The summed E-state index contributed by atoms with van der Waals surface area (Å²) in [6.07, 6.45) is 2.73. The fourth-order valence-corrected chi connectivity index (χ4v) is 6.01. The topological polar surface area (TPSA) is 231 Å². The summed E-state index contributed by atoms with van der Waals surface area (Å²) in [6, 6.07) is 17.0. The molecule has 1 atom stereocenters. The van der Waals surface area contributed by atoms with E-state index in [1.54, 1.807) is 65.0 Å². The standard InChI is InChI=1S/C40H48N10O7/c1-50(23-27-22-45-37-35(46-27)36(41)48-40(42)49-37)28-10-8-26(9-11-28)38(52)47-29(39(53)44-19-17-25-7-14-31(55-3)33(21-25)57-5)12-15-34(51)43-18-16-24-6-13-30(54-2)32(20-24)56-4/h6-11,13-14,20-22,29H,12,15-19,23H2,1-5H3,(H,43,51)(H,44,53)(H,47,52)(H4,41,42,45,48,49)/t29-/m0/s1. The third-order valence-corrected chi connectivity index (χ3v) is 9.10. The fraction of sp³-hybridized carbons (Fsp3) is 0.325. The van der Waals surface area contributed by atoms with Gasteiger partial charge in [0.25, 0.3) is 5.91 Å². The number of carbonyl (C=O) groups excluding carboxylic acids is 3. The minimum atomic E-state index is -0.986. The summed E-state index contributed by atoms with van der Waals surface area (Å²) in [5, 5.41) is 8.64. The molecule has 0 radical (unpaired) electrons. The Hall–Kier alpha value is -6.91. The normalized spacial score (nSPS) is 11.3. The lowest BCUT2D eigenvalue weighted by Gasteiger charge is -2.20. The molecule has 0 fully saturated rings. The van der Waals surface area contributed by atoms with Gasteiger partial charge in [-0.3, -0.25) is 14.4 Å². The predicted molar refractivity (Wildman–Crippen MR) is 216 cm³/mol. The van der Waals surface area contributed by atoms with Crippen LogP contribution >= 0.6 is 0 Å². The summed E-state index contributed by atoms with van der Waals surface area (Å²) in [6.45, 7) is 1.03. The highest BCUT2D eigenvalue weighted by Crippen LogP contribution is 2.28. The lowest BCUT2D eigenvalue weighted by atomic mass is 10.1. The van der Waals surface area contributed by atoms with Gasteiger partial charge in [0.05, 0.1) is 46.9 Å². The highest BCUT2D eigenvalue weighted by atomic mass is 16.5. The Morgan fingerprint density at radius 3 is 1.95 bits per heavy atom. The van der Waals surface area contributed by atoms with Crippen LogP contribution in [0.3, 0.4) is 0 Å². The van der Waals surface area contributed by atoms with Gasteiger partial charge in [0.2, 0.25) is 17.8 Å². The zero-order chi connectivity index (χ0) is 40.9. The lowest BCUT2D eigenvalue weighted by molar-refractivity contribution is -0.124. The number of ether oxygens (including phenoxy) is 4. The van der Waals surface area contributed by atoms with E-state index in [0.29, 0.717) is 71.4 Å². The van der Waals surface area contributed by atoms with Crippen molar-refractivity contribution in [3.05, 3.63) is 89.2 Å². The summed E-state index contributed by atoms with van der Waals surface area (Å²) in [7, 11) is 8.12. The molecule has 0 saturated carbocycles. The molecule has 5 aromatic rings. The van der Waals surface area contributed by atoms with E-state index in [4.69, 9.17) is 30.4 Å². The summed E-state index contributed by atoms with van der Waals surface area (Å²) in [5.74, 6) is 1.42. The zero-order valence-electron chi connectivity index (χ0n) is 32.6. The molecule has 7 N–H and O–H groups in total. The number of nitrogen functional groups attached to an aromatic ring is 2. The number of rotatable bonds is 19. The molecule has 0 aliphatic carbocycles. The average molecular weight is 781 g/mol. The maximum Gasteiger partial charge on any atom is 0.251 e. The van der Waals surface area contributed by atoms with Crippen molar-refractivity contribution >= 4 is 46.3 Å². The van der Waals surface area contributed by atoms with Crippen LogP contribution in [0.15, 0.2) is 66.9 Å². The molecule has 0 saturated heterocycles. The summed E-state index contributed by atoms with van der Waals surface area (Å²) in [4.78, 5) is 58.8. The van der Waals surface area contributed by atoms with Gasteiger partial charge in [-0.25, -0.2) is 9.97 Å². The number of amides is 3. The SMILES string of the molecule is COc1ccc(CCNC(=O)CC[C@H](NC(=O)c2ccc(N(C)Cc3cnc4nc(N)nc(N)c4n3)cc2)C(=O)NCCc2ccc(OC)c(OC)c2)cc1OC. The predicted octanol–water partition coefficient (Wildman–Crippen LogP) is 2.85. The average Bonchev–Trinajstić information content (AvgIpc) is 3.22. The van der Waals surface area contributed by atoms with Gasteiger partial charge in [-0.15, -0.1) is 0 Å². The van der Waals surface area contributed by atoms with Gasteiger partial charge in [0.15, 0.2) is 40.0 Å². The highest BCUT2D eigenvalue weighted by molar-refractivity contribution is 5.98. The van der Waals surface area contributed by atoms with E-state index >= 15 is 0 Å². The van der Waals surface area contributed by atoms with Crippen LogP contribution in [0.2, 0.25) is 0 Å². The van der Waals surface area contributed by atoms with Crippen LogP contribution in [-0.2, 0) is 29.0 Å². The summed E-state index contributed by atoms with van der Waals surface area (Å²) < 4.78 is 21.4. The van der Waals surface area contributed by atoms with Crippen molar-refractivity contribution in [1.29, 1.82) is 0 Å². The molecule has 17 heteroatoms. The third-order valence-electron chi connectivity index (χ3n) is 9.10. The van der Waals surface area contributed by atoms with Crippen molar-refractivity contribution in [2.45, 2.75) is 38.3 Å². The fourth-order valence-electron chi connectivity index (χ4n) is 6.01. The number of anilines is 3. The second-order valence-corrected chi connectivity index (χ2v) is 13.0. The smallest absolute Gasteiger partial charge is 0.251 e. The second kappa shape index (κ2) is 19.6. The van der Waals surface area contributed by atoms with Gasteiger partial charge < -0.3 is 51.3 Å². The van der Waals surface area contributed by atoms with Crippen LogP contribution in [0.5, 0.6) is 23.0 Å². The molecule has 17 nitrogen and oxygen atoms in total. The van der Waals surface area contributed by atoms with E-state index < -0.39 is 17.9 Å². The van der Waals surface area contributed by atoms with Crippen LogP contribution in [-0.4, -0.2) is 92.3 Å². The quantitative estimate of drug-likeness (QED) is 0.0812. The van der Waals surface area contributed by atoms with Gasteiger partial charge in [0, 0.05) is 37.8 Å². The first-order valence-corrected chi connectivity index (χ1v) is 18.1. The number of hydrogen-bond acceptors (Lipinski definition) is 14. The van der Waals surface area contributed by atoms with Gasteiger partial charge in [-0.2, -0.15) is 9.97 Å². The van der Waals surface area contributed by atoms with E-state index in [2.05, 4.69) is 35.9 Å². The van der Waals surface area contributed by atoms with E-state index in [9.17, 15) is 14.4 Å². The molecule has 0 bridgehead atoms. The van der Waals surface area contributed by atoms with E-state index in [0.717, 1.165) is 16.8 Å². The first kappa shape index (κ1) is 41.3.